The van der Waals surface area contributed by atoms with Crippen LogP contribution >= 0.6 is 15.9 Å². The third kappa shape index (κ3) is 3.64. The van der Waals surface area contributed by atoms with Crippen LogP contribution in [0.4, 0.5) is 0 Å². The molecule has 0 saturated carbocycles. The first-order valence-corrected chi connectivity index (χ1v) is 5.36. The number of methoxy groups -OCH3 is 1. The summed E-state index contributed by atoms with van der Waals surface area (Å²) in [7, 11) is 1.61. The van der Waals surface area contributed by atoms with E-state index in [4.69, 9.17) is 9.47 Å². The molecule has 0 spiro atoms. The van der Waals surface area contributed by atoms with E-state index in [1.807, 2.05) is 6.07 Å². The van der Waals surface area contributed by atoms with Crippen molar-refractivity contribution >= 4 is 21.7 Å². The zero-order chi connectivity index (χ0) is 11.3. The van der Waals surface area contributed by atoms with Crippen molar-refractivity contribution in [2.45, 2.75) is 6.92 Å². The number of rotatable bonds is 5. The lowest BCUT2D eigenvalue weighted by Gasteiger charge is -2.09. The van der Waals surface area contributed by atoms with Crippen molar-refractivity contribution < 1.29 is 14.3 Å². The maximum atomic E-state index is 11.3. The molecule has 0 aromatic heterocycles. The average Bonchev–Trinajstić information content (AvgIpc) is 2.18. The Morgan fingerprint density at radius 3 is 2.73 bits per heavy atom. The van der Waals surface area contributed by atoms with Crippen molar-refractivity contribution in [3.8, 4) is 5.75 Å². The first-order chi connectivity index (χ1) is 7.15. The van der Waals surface area contributed by atoms with Crippen LogP contribution in [0.3, 0.4) is 0 Å². The number of benzene rings is 1. The highest BCUT2D eigenvalue weighted by molar-refractivity contribution is 9.10. The van der Waals surface area contributed by atoms with Gasteiger partial charge in [-0.2, -0.15) is 0 Å². The predicted molar refractivity (Wildman–Crippen MR) is 61.5 cm³/mol. The maximum absolute atomic E-state index is 11.3. The monoisotopic (exact) mass is 272 g/mol. The zero-order valence-corrected chi connectivity index (χ0v) is 10.3. The normalized spacial score (nSPS) is 10.1. The van der Waals surface area contributed by atoms with E-state index in [1.165, 1.54) is 6.92 Å². The molecule has 3 nitrogen and oxygen atoms in total. The van der Waals surface area contributed by atoms with Gasteiger partial charge < -0.3 is 9.47 Å². The summed E-state index contributed by atoms with van der Waals surface area (Å²) in [5, 5.41) is 0. The Morgan fingerprint density at radius 2 is 2.13 bits per heavy atom. The van der Waals surface area contributed by atoms with Crippen LogP contribution in [0.1, 0.15) is 17.3 Å². The summed E-state index contributed by atoms with van der Waals surface area (Å²) < 4.78 is 11.2. The quantitative estimate of drug-likeness (QED) is 0.611. The number of hydrogen-bond donors (Lipinski definition) is 0. The van der Waals surface area contributed by atoms with Gasteiger partial charge in [-0.05, 0) is 25.1 Å². The minimum atomic E-state index is -0.00471. The van der Waals surface area contributed by atoms with E-state index in [2.05, 4.69) is 15.9 Å². The van der Waals surface area contributed by atoms with Gasteiger partial charge in [-0.15, -0.1) is 0 Å². The smallest absolute Gasteiger partial charge is 0.163 e. The highest BCUT2D eigenvalue weighted by Crippen LogP contribution is 2.24. The molecular formula is C11H13BrO3. The Bertz CT molecular complexity index is 350. The lowest BCUT2D eigenvalue weighted by molar-refractivity contribution is 0.100. The summed E-state index contributed by atoms with van der Waals surface area (Å²) in [6.45, 7) is 2.46. The van der Waals surface area contributed by atoms with Crippen LogP contribution in [-0.2, 0) is 4.74 Å². The molecule has 15 heavy (non-hydrogen) atoms. The number of hydrogen-bond acceptors (Lipinski definition) is 3. The summed E-state index contributed by atoms with van der Waals surface area (Å²) in [6.07, 6.45) is 0. The SMILES string of the molecule is COCCOc1cc(Br)ccc1C(C)=O. The first-order valence-electron chi connectivity index (χ1n) is 4.57. The van der Waals surface area contributed by atoms with E-state index in [0.29, 0.717) is 24.5 Å². The fourth-order valence-corrected chi connectivity index (χ4v) is 1.48. The molecule has 0 bridgehead atoms. The summed E-state index contributed by atoms with van der Waals surface area (Å²) in [5.74, 6) is 0.587. The van der Waals surface area contributed by atoms with Gasteiger partial charge in [-0.25, -0.2) is 0 Å². The molecule has 1 aromatic carbocycles. The van der Waals surface area contributed by atoms with Gasteiger partial charge in [0.25, 0.3) is 0 Å². The fraction of sp³-hybridized carbons (Fsp3) is 0.364. The number of carbonyl (C=O) groups excluding carboxylic acids is 1. The van der Waals surface area contributed by atoms with E-state index in [1.54, 1.807) is 19.2 Å². The van der Waals surface area contributed by atoms with E-state index in [9.17, 15) is 4.79 Å². The number of Topliss-reactive ketones (excluding diaryl/α,β-unsaturated/α-hetero) is 1. The molecule has 0 unspecified atom stereocenters. The average molecular weight is 273 g/mol. The summed E-state index contributed by atoms with van der Waals surface area (Å²) in [4.78, 5) is 11.3. The maximum Gasteiger partial charge on any atom is 0.163 e. The topological polar surface area (TPSA) is 35.5 Å². The van der Waals surface area contributed by atoms with Crippen LogP contribution in [0.2, 0.25) is 0 Å². The van der Waals surface area contributed by atoms with Gasteiger partial charge >= 0.3 is 0 Å². The lowest BCUT2D eigenvalue weighted by Crippen LogP contribution is -2.07. The highest BCUT2D eigenvalue weighted by Gasteiger charge is 2.08. The Labute approximate surface area is 97.5 Å². The van der Waals surface area contributed by atoms with Gasteiger partial charge in [0.2, 0.25) is 0 Å². The molecule has 4 heteroatoms. The van der Waals surface area contributed by atoms with Crippen molar-refractivity contribution in [3.63, 3.8) is 0 Å². The number of ketones is 1. The molecular weight excluding hydrogens is 260 g/mol. The number of ether oxygens (including phenoxy) is 2. The highest BCUT2D eigenvalue weighted by atomic mass is 79.9. The lowest BCUT2D eigenvalue weighted by atomic mass is 10.1. The molecule has 1 aromatic rings. The Hall–Kier alpha value is -0.870. The van der Waals surface area contributed by atoms with Crippen LogP contribution in [0.15, 0.2) is 22.7 Å². The largest absolute Gasteiger partial charge is 0.490 e. The molecule has 0 atom stereocenters. The minimum Gasteiger partial charge on any atom is -0.490 e. The molecule has 0 radical (unpaired) electrons. The van der Waals surface area contributed by atoms with Crippen LogP contribution < -0.4 is 4.74 Å². The predicted octanol–water partition coefficient (Wildman–Crippen LogP) is 2.68. The Morgan fingerprint density at radius 1 is 1.40 bits per heavy atom. The van der Waals surface area contributed by atoms with Crippen molar-refractivity contribution in [2.75, 3.05) is 20.3 Å². The Kier molecular flexibility index (Phi) is 4.78. The molecule has 0 aliphatic carbocycles. The van der Waals surface area contributed by atoms with Crippen LogP contribution in [0, 0.1) is 0 Å². The number of halogens is 1. The molecule has 0 aliphatic heterocycles. The summed E-state index contributed by atoms with van der Waals surface area (Å²) in [5.41, 5.74) is 0.592. The minimum absolute atomic E-state index is 0.00471. The third-order valence-electron chi connectivity index (χ3n) is 1.87. The molecule has 0 heterocycles. The summed E-state index contributed by atoms with van der Waals surface area (Å²) in [6, 6.07) is 5.35. The van der Waals surface area contributed by atoms with E-state index < -0.39 is 0 Å². The van der Waals surface area contributed by atoms with Gasteiger partial charge in [0.1, 0.15) is 12.4 Å². The molecule has 0 aliphatic rings. The molecule has 0 N–H and O–H groups in total. The van der Waals surface area contributed by atoms with Gasteiger partial charge in [-0.3, -0.25) is 4.79 Å². The van der Waals surface area contributed by atoms with Crippen LogP contribution in [0.25, 0.3) is 0 Å². The van der Waals surface area contributed by atoms with E-state index >= 15 is 0 Å². The first kappa shape index (κ1) is 12.2. The van der Waals surface area contributed by atoms with Crippen molar-refractivity contribution in [1.29, 1.82) is 0 Å². The second kappa shape index (κ2) is 5.88. The van der Waals surface area contributed by atoms with Crippen molar-refractivity contribution in [3.05, 3.63) is 28.2 Å². The van der Waals surface area contributed by atoms with Gasteiger partial charge in [0.15, 0.2) is 5.78 Å². The van der Waals surface area contributed by atoms with Crippen LogP contribution in [0.5, 0.6) is 5.75 Å². The van der Waals surface area contributed by atoms with Gasteiger partial charge in [0.05, 0.1) is 12.2 Å². The van der Waals surface area contributed by atoms with Crippen LogP contribution in [-0.4, -0.2) is 26.1 Å². The molecule has 0 fully saturated rings. The van der Waals surface area contributed by atoms with Crippen molar-refractivity contribution in [2.24, 2.45) is 0 Å². The molecule has 0 saturated heterocycles. The molecule has 1 rings (SSSR count). The zero-order valence-electron chi connectivity index (χ0n) is 8.75. The Balaban J connectivity index is 2.82. The van der Waals surface area contributed by atoms with E-state index in [0.717, 1.165) is 4.47 Å². The number of carbonyl (C=O) groups is 1. The van der Waals surface area contributed by atoms with E-state index in [-0.39, 0.29) is 5.78 Å². The van der Waals surface area contributed by atoms with Gasteiger partial charge in [-0.1, -0.05) is 15.9 Å². The second-order valence-electron chi connectivity index (χ2n) is 3.04. The van der Waals surface area contributed by atoms with Gasteiger partial charge in [0, 0.05) is 11.6 Å². The fourth-order valence-electron chi connectivity index (χ4n) is 1.14. The molecule has 82 valence electrons. The third-order valence-corrected chi connectivity index (χ3v) is 2.36. The second-order valence-corrected chi connectivity index (χ2v) is 3.95. The standard InChI is InChI=1S/C11H13BrO3/c1-8(13)10-4-3-9(12)7-11(10)15-6-5-14-2/h3-4,7H,5-6H2,1-2H3. The molecule has 0 amide bonds. The van der Waals surface area contributed by atoms with Crippen molar-refractivity contribution in [1.82, 2.24) is 0 Å². The summed E-state index contributed by atoms with van der Waals surface area (Å²) >= 11 is 3.33.